The zero-order valence-corrected chi connectivity index (χ0v) is 11.1. The molecule has 6 heteroatoms. The van der Waals surface area contributed by atoms with Crippen LogP contribution >= 0.6 is 0 Å². The van der Waals surface area contributed by atoms with Gasteiger partial charge in [0.05, 0.1) is 11.0 Å². The monoisotopic (exact) mass is 274 g/mol. The molecule has 1 N–H and O–H groups in total. The number of aliphatic hydroxyl groups excluding tert-OH is 1. The van der Waals surface area contributed by atoms with Crippen molar-refractivity contribution < 1.29 is 14.8 Å². The Morgan fingerprint density at radius 3 is 2.70 bits per heavy atom. The van der Waals surface area contributed by atoms with Crippen LogP contribution in [-0.4, -0.2) is 15.0 Å². The highest BCUT2D eigenvalue weighted by Crippen LogP contribution is 2.27. The largest absolute Gasteiger partial charge is 0.439 e. The van der Waals surface area contributed by atoms with Crippen molar-refractivity contribution in [2.75, 3.05) is 0 Å². The Morgan fingerprint density at radius 1 is 1.35 bits per heavy atom. The van der Waals surface area contributed by atoms with Crippen LogP contribution in [0.3, 0.4) is 0 Å². The molecule has 0 bridgehead atoms. The summed E-state index contributed by atoms with van der Waals surface area (Å²) in [6.07, 6.45) is 0.925. The van der Waals surface area contributed by atoms with E-state index in [-0.39, 0.29) is 5.69 Å². The minimum atomic E-state index is -0.612. The van der Waals surface area contributed by atoms with Gasteiger partial charge in [-0.25, -0.2) is 4.98 Å². The van der Waals surface area contributed by atoms with E-state index in [9.17, 15) is 15.2 Å². The highest BCUT2D eigenvalue weighted by molar-refractivity contribution is 5.45. The van der Waals surface area contributed by atoms with Gasteiger partial charge < -0.3 is 9.84 Å². The van der Waals surface area contributed by atoms with E-state index in [1.807, 2.05) is 0 Å². The molecule has 0 saturated heterocycles. The van der Waals surface area contributed by atoms with E-state index < -0.39 is 11.0 Å². The van der Waals surface area contributed by atoms with Crippen LogP contribution in [0.15, 0.2) is 36.5 Å². The van der Waals surface area contributed by atoms with Crippen LogP contribution in [0.4, 0.5) is 5.69 Å². The van der Waals surface area contributed by atoms with Gasteiger partial charge in [-0.1, -0.05) is 0 Å². The molecule has 0 saturated carbocycles. The summed E-state index contributed by atoms with van der Waals surface area (Å²) in [5, 5.41) is 20.2. The fraction of sp³-hybridized carbons (Fsp3) is 0.214. The zero-order valence-electron chi connectivity index (χ0n) is 11.1. The van der Waals surface area contributed by atoms with Crippen LogP contribution in [0.2, 0.25) is 0 Å². The summed E-state index contributed by atoms with van der Waals surface area (Å²) in [4.78, 5) is 14.3. The molecule has 1 aromatic carbocycles. The van der Waals surface area contributed by atoms with Crippen molar-refractivity contribution >= 4 is 5.69 Å². The number of aryl methyl sites for hydroxylation is 1. The maximum absolute atomic E-state index is 10.7. The van der Waals surface area contributed by atoms with E-state index in [0.717, 1.165) is 0 Å². The van der Waals surface area contributed by atoms with Gasteiger partial charge in [0.1, 0.15) is 5.75 Å². The third-order valence-electron chi connectivity index (χ3n) is 2.83. The Bertz CT molecular complexity index is 641. The molecule has 0 aliphatic rings. The molecule has 0 amide bonds. The molecule has 1 heterocycles. The number of aromatic nitrogens is 1. The average molecular weight is 274 g/mol. The number of nitrogens with zero attached hydrogens (tertiary/aromatic N) is 2. The number of aliphatic hydroxyl groups is 1. The Hall–Kier alpha value is -2.47. The minimum Gasteiger partial charge on any atom is -0.439 e. The Kier molecular flexibility index (Phi) is 3.95. The quantitative estimate of drug-likeness (QED) is 0.683. The summed E-state index contributed by atoms with van der Waals surface area (Å²) in [5.41, 5.74) is 1.25. The van der Waals surface area contributed by atoms with Crippen molar-refractivity contribution in [2.45, 2.75) is 20.0 Å². The predicted molar refractivity (Wildman–Crippen MR) is 72.8 cm³/mol. The smallest absolute Gasteiger partial charge is 0.272 e. The summed E-state index contributed by atoms with van der Waals surface area (Å²) in [6.45, 7) is 3.29. The molecular weight excluding hydrogens is 260 g/mol. The Labute approximate surface area is 115 Å². The molecule has 0 unspecified atom stereocenters. The molecule has 0 aliphatic carbocycles. The second-order valence-electron chi connectivity index (χ2n) is 4.41. The van der Waals surface area contributed by atoms with Crippen LogP contribution in [0.1, 0.15) is 24.2 Å². The Morgan fingerprint density at radius 2 is 2.10 bits per heavy atom. The lowest BCUT2D eigenvalue weighted by Crippen LogP contribution is -1.95. The molecule has 0 spiro atoms. The lowest BCUT2D eigenvalue weighted by atomic mass is 10.2. The summed E-state index contributed by atoms with van der Waals surface area (Å²) < 4.78 is 5.54. The third-order valence-corrected chi connectivity index (χ3v) is 2.83. The molecule has 2 rings (SSSR count). The SMILES string of the molecule is Cc1cc(Oc2cc([C@H](C)O)ccn2)ccc1[N+](=O)[O-]. The maximum Gasteiger partial charge on any atom is 0.272 e. The van der Waals surface area contributed by atoms with E-state index in [2.05, 4.69) is 4.98 Å². The number of benzene rings is 1. The first kappa shape index (κ1) is 14.0. The topological polar surface area (TPSA) is 85.5 Å². The highest BCUT2D eigenvalue weighted by atomic mass is 16.6. The normalized spacial score (nSPS) is 11.9. The van der Waals surface area contributed by atoms with Crippen LogP contribution in [0.25, 0.3) is 0 Å². The number of hydrogen-bond donors (Lipinski definition) is 1. The second-order valence-corrected chi connectivity index (χ2v) is 4.41. The van der Waals surface area contributed by atoms with Gasteiger partial charge in [0.2, 0.25) is 5.88 Å². The van der Waals surface area contributed by atoms with E-state index in [1.165, 1.54) is 18.3 Å². The fourth-order valence-corrected chi connectivity index (χ4v) is 1.76. The van der Waals surface area contributed by atoms with Crippen LogP contribution < -0.4 is 4.74 Å². The molecule has 20 heavy (non-hydrogen) atoms. The first-order valence-electron chi connectivity index (χ1n) is 6.04. The Balaban J connectivity index is 2.24. The van der Waals surface area contributed by atoms with Gasteiger partial charge in [-0.3, -0.25) is 10.1 Å². The van der Waals surface area contributed by atoms with E-state index in [0.29, 0.717) is 22.8 Å². The van der Waals surface area contributed by atoms with E-state index >= 15 is 0 Å². The van der Waals surface area contributed by atoms with Crippen LogP contribution in [0.5, 0.6) is 11.6 Å². The molecule has 0 fully saturated rings. The van der Waals surface area contributed by atoms with Crippen molar-refractivity contribution in [3.63, 3.8) is 0 Å². The fourth-order valence-electron chi connectivity index (χ4n) is 1.76. The number of pyridine rings is 1. The average Bonchev–Trinajstić information content (AvgIpc) is 2.38. The van der Waals surface area contributed by atoms with Gasteiger partial charge in [0, 0.05) is 23.9 Å². The van der Waals surface area contributed by atoms with Gasteiger partial charge in [-0.15, -0.1) is 0 Å². The van der Waals surface area contributed by atoms with Crippen LogP contribution in [-0.2, 0) is 0 Å². The molecular formula is C14H14N2O4. The number of nitro groups is 1. The van der Waals surface area contributed by atoms with Crippen molar-refractivity contribution in [3.05, 3.63) is 57.8 Å². The molecule has 1 atom stereocenters. The van der Waals surface area contributed by atoms with E-state index in [1.54, 1.807) is 32.0 Å². The lowest BCUT2D eigenvalue weighted by Gasteiger charge is -2.08. The number of ether oxygens (including phenoxy) is 1. The first-order chi connectivity index (χ1) is 9.47. The molecule has 0 aliphatic heterocycles. The van der Waals surface area contributed by atoms with E-state index in [4.69, 9.17) is 4.74 Å². The molecule has 2 aromatic rings. The lowest BCUT2D eigenvalue weighted by molar-refractivity contribution is -0.385. The number of rotatable bonds is 4. The summed E-state index contributed by atoms with van der Waals surface area (Å²) >= 11 is 0. The molecule has 6 nitrogen and oxygen atoms in total. The highest BCUT2D eigenvalue weighted by Gasteiger charge is 2.11. The first-order valence-corrected chi connectivity index (χ1v) is 6.04. The third kappa shape index (κ3) is 3.10. The van der Waals surface area contributed by atoms with Crippen LogP contribution in [0, 0.1) is 17.0 Å². The van der Waals surface area contributed by atoms with Crippen molar-refractivity contribution in [1.82, 2.24) is 4.98 Å². The number of nitro benzene ring substituents is 1. The summed E-state index contributed by atoms with van der Waals surface area (Å²) in [6, 6.07) is 7.81. The number of hydrogen-bond acceptors (Lipinski definition) is 5. The summed E-state index contributed by atoms with van der Waals surface area (Å²) in [5.74, 6) is 0.792. The second kappa shape index (κ2) is 5.66. The minimum absolute atomic E-state index is 0.0445. The zero-order chi connectivity index (χ0) is 14.7. The molecule has 1 aromatic heterocycles. The van der Waals surface area contributed by atoms with Crippen molar-refractivity contribution in [2.24, 2.45) is 0 Å². The van der Waals surface area contributed by atoms with Crippen molar-refractivity contribution in [1.29, 1.82) is 0 Å². The van der Waals surface area contributed by atoms with Crippen molar-refractivity contribution in [3.8, 4) is 11.6 Å². The molecule has 0 radical (unpaired) electrons. The van der Waals surface area contributed by atoms with Gasteiger partial charge in [0.25, 0.3) is 5.69 Å². The molecule has 104 valence electrons. The van der Waals surface area contributed by atoms with Gasteiger partial charge in [-0.05, 0) is 37.6 Å². The standard InChI is InChI=1S/C14H14N2O4/c1-9-7-12(3-4-13(9)16(18)19)20-14-8-11(10(2)17)5-6-15-14/h3-8,10,17H,1-2H3/t10-/m0/s1. The summed E-state index contributed by atoms with van der Waals surface area (Å²) in [7, 11) is 0. The maximum atomic E-state index is 10.7. The van der Waals surface area contributed by atoms with Gasteiger partial charge in [0.15, 0.2) is 0 Å². The van der Waals surface area contributed by atoms with Gasteiger partial charge in [-0.2, -0.15) is 0 Å². The van der Waals surface area contributed by atoms with Gasteiger partial charge >= 0.3 is 0 Å². The predicted octanol–water partition coefficient (Wildman–Crippen LogP) is 3.14.